The quantitative estimate of drug-likeness (QED) is 0.928. The summed E-state index contributed by atoms with van der Waals surface area (Å²) in [4.78, 5) is 26.5. The summed E-state index contributed by atoms with van der Waals surface area (Å²) in [5.74, 6) is -0.00174. The van der Waals surface area contributed by atoms with Gasteiger partial charge in [-0.2, -0.15) is 0 Å². The van der Waals surface area contributed by atoms with Gasteiger partial charge in [-0.1, -0.05) is 43.6 Å². The van der Waals surface area contributed by atoms with Gasteiger partial charge in [-0.3, -0.25) is 19.8 Å². The fourth-order valence-corrected chi connectivity index (χ4v) is 2.85. The molecule has 1 unspecified atom stereocenters. The van der Waals surface area contributed by atoms with Gasteiger partial charge in [0.2, 0.25) is 17.7 Å². The van der Waals surface area contributed by atoms with Crippen molar-refractivity contribution in [3.05, 3.63) is 41.6 Å². The minimum atomic E-state index is -0.543. The molecule has 2 heterocycles. The number of nitrogens with zero attached hydrogens (tertiary/aromatic N) is 2. The van der Waals surface area contributed by atoms with Gasteiger partial charge >= 0.3 is 0 Å². The SMILES string of the molecule is Cc1ccc(N2C(=O)CCC2C(=O)Nc2cc(C(C)(C)C)no2)cc1. The van der Waals surface area contributed by atoms with Gasteiger partial charge in [0.15, 0.2) is 0 Å². The van der Waals surface area contributed by atoms with E-state index in [9.17, 15) is 9.59 Å². The van der Waals surface area contributed by atoms with Gasteiger partial charge in [0, 0.05) is 23.6 Å². The van der Waals surface area contributed by atoms with E-state index in [2.05, 4.69) is 10.5 Å². The summed E-state index contributed by atoms with van der Waals surface area (Å²) < 4.78 is 5.22. The number of rotatable bonds is 3. The number of carbonyl (C=O) groups excluding carboxylic acids is 2. The summed E-state index contributed by atoms with van der Waals surface area (Å²) in [5.41, 5.74) is 2.44. The third-order valence-corrected chi connectivity index (χ3v) is 4.35. The molecule has 1 aliphatic heterocycles. The van der Waals surface area contributed by atoms with Crippen molar-refractivity contribution >= 4 is 23.4 Å². The second-order valence-electron chi connectivity index (χ2n) is 7.47. The molecule has 2 aromatic rings. The van der Waals surface area contributed by atoms with Crippen molar-refractivity contribution in [2.45, 2.75) is 52.0 Å². The number of nitrogens with one attached hydrogen (secondary N) is 1. The van der Waals surface area contributed by atoms with Gasteiger partial charge in [-0.25, -0.2) is 0 Å². The van der Waals surface area contributed by atoms with Crippen LogP contribution in [0.1, 0.15) is 44.9 Å². The third kappa shape index (κ3) is 3.57. The first-order valence-corrected chi connectivity index (χ1v) is 8.42. The topological polar surface area (TPSA) is 75.4 Å². The van der Waals surface area contributed by atoms with Crippen molar-refractivity contribution in [1.82, 2.24) is 5.16 Å². The zero-order valence-electron chi connectivity index (χ0n) is 15.0. The lowest BCUT2D eigenvalue weighted by atomic mass is 9.92. The third-order valence-electron chi connectivity index (χ3n) is 4.35. The maximum absolute atomic E-state index is 12.7. The second kappa shape index (κ2) is 6.35. The van der Waals surface area contributed by atoms with E-state index in [0.29, 0.717) is 18.7 Å². The molecule has 2 amide bonds. The Morgan fingerprint density at radius 1 is 1.28 bits per heavy atom. The molecular weight excluding hydrogens is 318 g/mol. The molecule has 0 bridgehead atoms. The van der Waals surface area contributed by atoms with E-state index in [1.165, 1.54) is 0 Å². The van der Waals surface area contributed by atoms with Gasteiger partial charge in [0.1, 0.15) is 6.04 Å². The van der Waals surface area contributed by atoms with E-state index in [1.807, 2.05) is 52.0 Å². The lowest BCUT2D eigenvalue weighted by Gasteiger charge is -2.23. The molecule has 1 aromatic carbocycles. The van der Waals surface area contributed by atoms with Crippen LogP contribution in [-0.2, 0) is 15.0 Å². The summed E-state index contributed by atoms with van der Waals surface area (Å²) in [5, 5.41) is 6.74. The van der Waals surface area contributed by atoms with Crippen molar-refractivity contribution in [2.24, 2.45) is 0 Å². The molecule has 0 saturated carbocycles. The Kier molecular flexibility index (Phi) is 4.37. The molecule has 1 aromatic heterocycles. The number of aryl methyl sites for hydroxylation is 1. The molecule has 0 radical (unpaired) electrons. The number of benzene rings is 1. The van der Waals surface area contributed by atoms with Gasteiger partial charge in [-0.15, -0.1) is 0 Å². The first-order chi connectivity index (χ1) is 11.8. The largest absolute Gasteiger partial charge is 0.338 e. The van der Waals surface area contributed by atoms with Gasteiger partial charge in [-0.05, 0) is 25.5 Å². The van der Waals surface area contributed by atoms with Crippen molar-refractivity contribution in [2.75, 3.05) is 10.2 Å². The first kappa shape index (κ1) is 17.2. The van der Waals surface area contributed by atoms with Crippen LogP contribution in [0.3, 0.4) is 0 Å². The van der Waals surface area contributed by atoms with Crippen LogP contribution in [0.4, 0.5) is 11.6 Å². The van der Waals surface area contributed by atoms with E-state index < -0.39 is 6.04 Å². The normalized spacial score (nSPS) is 17.8. The smallest absolute Gasteiger partial charge is 0.249 e. The highest BCUT2D eigenvalue weighted by Crippen LogP contribution is 2.29. The molecule has 6 nitrogen and oxygen atoms in total. The summed E-state index contributed by atoms with van der Waals surface area (Å²) in [6.07, 6.45) is 0.842. The molecule has 1 N–H and O–H groups in total. The molecule has 0 spiro atoms. The van der Waals surface area contributed by atoms with E-state index >= 15 is 0 Å². The molecular formula is C19H23N3O3. The number of amides is 2. The number of aromatic nitrogens is 1. The van der Waals surface area contributed by atoms with Crippen LogP contribution < -0.4 is 10.2 Å². The van der Waals surface area contributed by atoms with Gasteiger partial charge in [0.05, 0.1) is 5.69 Å². The second-order valence-corrected chi connectivity index (χ2v) is 7.47. The van der Waals surface area contributed by atoms with Crippen LogP contribution in [-0.4, -0.2) is 23.0 Å². The van der Waals surface area contributed by atoms with Crippen LogP contribution in [0.25, 0.3) is 0 Å². The Hall–Kier alpha value is -2.63. The molecule has 1 saturated heterocycles. The highest BCUT2D eigenvalue weighted by molar-refractivity contribution is 6.07. The average molecular weight is 341 g/mol. The predicted octanol–water partition coefficient (Wildman–Crippen LogP) is 3.41. The van der Waals surface area contributed by atoms with Crippen molar-refractivity contribution in [1.29, 1.82) is 0 Å². The van der Waals surface area contributed by atoms with Crippen LogP contribution >= 0.6 is 0 Å². The maximum atomic E-state index is 12.7. The lowest BCUT2D eigenvalue weighted by molar-refractivity contribution is -0.120. The Morgan fingerprint density at radius 2 is 1.96 bits per heavy atom. The van der Waals surface area contributed by atoms with Crippen LogP contribution in [0, 0.1) is 6.92 Å². The zero-order chi connectivity index (χ0) is 18.2. The summed E-state index contributed by atoms with van der Waals surface area (Å²) in [6, 6.07) is 8.78. The van der Waals surface area contributed by atoms with E-state index in [0.717, 1.165) is 16.9 Å². The van der Waals surface area contributed by atoms with Crippen LogP contribution in [0.2, 0.25) is 0 Å². The van der Waals surface area contributed by atoms with Crippen molar-refractivity contribution < 1.29 is 14.1 Å². The predicted molar refractivity (Wildman–Crippen MR) is 95.5 cm³/mol. The molecule has 25 heavy (non-hydrogen) atoms. The molecule has 1 aliphatic rings. The van der Waals surface area contributed by atoms with E-state index in [-0.39, 0.29) is 17.2 Å². The number of carbonyl (C=O) groups is 2. The molecule has 132 valence electrons. The summed E-state index contributed by atoms with van der Waals surface area (Å²) in [6.45, 7) is 8.04. The standard InChI is InChI=1S/C19H23N3O3/c1-12-5-7-13(8-6-12)22-14(9-10-17(22)23)18(24)20-16-11-15(21-25-16)19(2,3)4/h5-8,11,14H,9-10H2,1-4H3,(H,20,24). The maximum Gasteiger partial charge on any atom is 0.249 e. The number of hydrogen-bond donors (Lipinski definition) is 1. The van der Waals surface area contributed by atoms with Gasteiger partial charge < -0.3 is 4.52 Å². The molecule has 6 heteroatoms. The molecule has 1 fully saturated rings. The minimum Gasteiger partial charge on any atom is -0.338 e. The van der Waals surface area contributed by atoms with Crippen molar-refractivity contribution in [3.8, 4) is 0 Å². The van der Waals surface area contributed by atoms with Crippen LogP contribution in [0.15, 0.2) is 34.9 Å². The fraction of sp³-hybridized carbons (Fsp3) is 0.421. The summed E-state index contributed by atoms with van der Waals surface area (Å²) >= 11 is 0. The highest BCUT2D eigenvalue weighted by Gasteiger charge is 2.37. The highest BCUT2D eigenvalue weighted by atomic mass is 16.5. The average Bonchev–Trinajstić information content (AvgIpc) is 3.15. The molecule has 0 aliphatic carbocycles. The minimum absolute atomic E-state index is 0.0445. The Labute approximate surface area is 147 Å². The summed E-state index contributed by atoms with van der Waals surface area (Å²) in [7, 11) is 0. The number of anilines is 2. The van der Waals surface area contributed by atoms with Crippen molar-refractivity contribution in [3.63, 3.8) is 0 Å². The molecule has 3 rings (SSSR count). The van der Waals surface area contributed by atoms with Gasteiger partial charge in [0.25, 0.3) is 0 Å². The van der Waals surface area contributed by atoms with E-state index in [4.69, 9.17) is 4.52 Å². The number of hydrogen-bond acceptors (Lipinski definition) is 4. The zero-order valence-corrected chi connectivity index (χ0v) is 15.0. The fourth-order valence-electron chi connectivity index (χ4n) is 2.85. The Bertz CT molecular complexity index is 787. The van der Waals surface area contributed by atoms with E-state index in [1.54, 1.807) is 11.0 Å². The Balaban J connectivity index is 1.77. The monoisotopic (exact) mass is 341 g/mol. The first-order valence-electron chi connectivity index (χ1n) is 8.42. The lowest BCUT2D eigenvalue weighted by Crippen LogP contribution is -2.41. The van der Waals surface area contributed by atoms with Crippen LogP contribution in [0.5, 0.6) is 0 Å². The molecule has 1 atom stereocenters. The Morgan fingerprint density at radius 3 is 2.56 bits per heavy atom.